The van der Waals surface area contributed by atoms with Gasteiger partial charge in [-0.3, -0.25) is 4.79 Å². The van der Waals surface area contributed by atoms with E-state index in [0.29, 0.717) is 17.0 Å². The lowest BCUT2D eigenvalue weighted by molar-refractivity contribution is -0.141. The molecule has 0 aliphatic carbocycles. The maximum absolute atomic E-state index is 12.2. The van der Waals surface area contributed by atoms with Crippen LogP contribution >= 0.6 is 11.5 Å². The second kappa shape index (κ2) is 4.99. The first kappa shape index (κ1) is 12.9. The Kier molecular flexibility index (Phi) is 3.58. The molecule has 2 atom stereocenters. The lowest BCUT2D eigenvalue weighted by atomic mass is 10.2. The van der Waals surface area contributed by atoms with Crippen molar-refractivity contribution in [2.24, 2.45) is 0 Å². The summed E-state index contributed by atoms with van der Waals surface area (Å²) in [7, 11) is 1.51. The van der Waals surface area contributed by atoms with Crippen molar-refractivity contribution in [2.75, 3.05) is 13.7 Å². The lowest BCUT2D eigenvalue weighted by Crippen LogP contribution is -2.40. The largest absolute Gasteiger partial charge is 0.480 e. The maximum atomic E-state index is 12.2. The zero-order valence-electron chi connectivity index (χ0n) is 9.99. The van der Waals surface area contributed by atoms with Crippen molar-refractivity contribution in [3.63, 3.8) is 0 Å². The third kappa shape index (κ3) is 2.21. The number of aliphatic carboxylic acids is 1. The number of carboxylic acid groups (broad SMARTS) is 1. The number of methoxy groups -OCH3 is 1. The van der Waals surface area contributed by atoms with Crippen molar-refractivity contribution in [2.45, 2.75) is 25.5 Å². The molecule has 0 aromatic carbocycles. The summed E-state index contributed by atoms with van der Waals surface area (Å²) in [5.41, 5.74) is 0.523. The van der Waals surface area contributed by atoms with Crippen LogP contribution in [0.1, 0.15) is 21.8 Å². The quantitative estimate of drug-likeness (QED) is 0.842. The molecule has 18 heavy (non-hydrogen) atoms. The first-order chi connectivity index (χ1) is 8.54. The second-order valence-corrected chi connectivity index (χ2v) is 4.85. The molecule has 1 saturated heterocycles. The number of hydrogen-bond donors (Lipinski definition) is 1. The zero-order chi connectivity index (χ0) is 13.3. The Morgan fingerprint density at radius 3 is 2.78 bits per heavy atom. The molecule has 0 radical (unpaired) electrons. The minimum Gasteiger partial charge on any atom is -0.480 e. The van der Waals surface area contributed by atoms with Gasteiger partial charge in [0.15, 0.2) is 0 Å². The number of ether oxygens (including phenoxy) is 1. The van der Waals surface area contributed by atoms with Gasteiger partial charge in [0.05, 0.1) is 11.8 Å². The Labute approximate surface area is 108 Å². The molecule has 8 heteroatoms. The van der Waals surface area contributed by atoms with Gasteiger partial charge in [0.1, 0.15) is 10.9 Å². The molecule has 1 fully saturated rings. The van der Waals surface area contributed by atoms with Crippen molar-refractivity contribution in [1.82, 2.24) is 14.5 Å². The van der Waals surface area contributed by atoms with Crippen LogP contribution in [0.25, 0.3) is 0 Å². The molecular weight excluding hydrogens is 258 g/mol. The third-order valence-electron chi connectivity index (χ3n) is 2.99. The predicted molar refractivity (Wildman–Crippen MR) is 62.5 cm³/mol. The molecule has 2 heterocycles. The topological polar surface area (TPSA) is 92.6 Å². The number of carbonyl (C=O) groups excluding carboxylic acids is 1. The van der Waals surface area contributed by atoms with E-state index in [2.05, 4.69) is 9.59 Å². The standard InChI is InChI=1S/C10H13N3O4S/c1-5-8(18-12-11-5)9(14)13-4-6(17-2)3-7(13)10(15)16/h6-7H,3-4H2,1-2H3,(H,15,16). The molecule has 1 aromatic rings. The van der Waals surface area contributed by atoms with Crippen LogP contribution in [0, 0.1) is 6.92 Å². The first-order valence-electron chi connectivity index (χ1n) is 5.40. The Bertz CT molecular complexity index is 475. The van der Waals surface area contributed by atoms with Crippen LogP contribution in [0.2, 0.25) is 0 Å². The average molecular weight is 271 g/mol. The number of rotatable bonds is 3. The molecule has 1 amide bonds. The third-order valence-corrected chi connectivity index (χ3v) is 3.80. The van der Waals surface area contributed by atoms with Crippen LogP contribution < -0.4 is 0 Å². The van der Waals surface area contributed by atoms with E-state index in [0.717, 1.165) is 11.5 Å². The summed E-state index contributed by atoms with van der Waals surface area (Å²) in [6, 6.07) is -0.844. The summed E-state index contributed by atoms with van der Waals surface area (Å²) < 4.78 is 8.82. The highest BCUT2D eigenvalue weighted by molar-refractivity contribution is 7.07. The highest BCUT2D eigenvalue weighted by Gasteiger charge is 2.41. The van der Waals surface area contributed by atoms with Crippen molar-refractivity contribution < 1.29 is 19.4 Å². The fourth-order valence-corrected chi connectivity index (χ4v) is 2.60. The minimum atomic E-state index is -1.02. The fourth-order valence-electron chi connectivity index (χ4n) is 1.98. The van der Waals surface area contributed by atoms with E-state index in [1.807, 2.05) is 0 Å². The number of carboxylic acids is 1. The summed E-state index contributed by atoms with van der Waals surface area (Å²) >= 11 is 0.981. The molecule has 98 valence electrons. The molecule has 1 aliphatic heterocycles. The maximum Gasteiger partial charge on any atom is 0.326 e. The second-order valence-electron chi connectivity index (χ2n) is 4.09. The van der Waals surface area contributed by atoms with Gasteiger partial charge in [-0.2, -0.15) is 0 Å². The molecular formula is C10H13N3O4S. The monoisotopic (exact) mass is 271 g/mol. The van der Waals surface area contributed by atoms with Gasteiger partial charge >= 0.3 is 5.97 Å². The Morgan fingerprint density at radius 2 is 2.28 bits per heavy atom. The fraction of sp³-hybridized carbons (Fsp3) is 0.600. The van der Waals surface area contributed by atoms with Crippen LogP contribution in [0.3, 0.4) is 0 Å². The lowest BCUT2D eigenvalue weighted by Gasteiger charge is -2.20. The highest BCUT2D eigenvalue weighted by atomic mass is 32.1. The first-order valence-corrected chi connectivity index (χ1v) is 6.17. The molecule has 2 rings (SSSR count). The average Bonchev–Trinajstić information content (AvgIpc) is 2.93. The molecule has 1 aliphatic rings. The van der Waals surface area contributed by atoms with E-state index < -0.39 is 12.0 Å². The number of likely N-dealkylation sites (tertiary alicyclic amines) is 1. The Hall–Kier alpha value is -1.54. The summed E-state index contributed by atoms with van der Waals surface area (Å²) in [6.07, 6.45) is 0.0688. The summed E-state index contributed by atoms with van der Waals surface area (Å²) in [6.45, 7) is 1.96. The number of nitrogens with zero attached hydrogens (tertiary/aromatic N) is 3. The number of aromatic nitrogens is 2. The van der Waals surface area contributed by atoms with Gasteiger partial charge in [-0.1, -0.05) is 4.49 Å². The normalized spacial score (nSPS) is 23.3. The van der Waals surface area contributed by atoms with E-state index in [1.165, 1.54) is 12.0 Å². The van der Waals surface area contributed by atoms with Gasteiger partial charge in [-0.05, 0) is 18.5 Å². The summed E-state index contributed by atoms with van der Waals surface area (Å²) in [4.78, 5) is 25.1. The van der Waals surface area contributed by atoms with Crippen LogP contribution in [0.4, 0.5) is 0 Å². The van der Waals surface area contributed by atoms with E-state index in [9.17, 15) is 9.59 Å². The highest BCUT2D eigenvalue weighted by Crippen LogP contribution is 2.24. The number of aryl methyl sites for hydroxylation is 1. The van der Waals surface area contributed by atoms with Crippen molar-refractivity contribution >= 4 is 23.4 Å². The smallest absolute Gasteiger partial charge is 0.326 e. The molecule has 0 bridgehead atoms. The number of hydrogen-bond acceptors (Lipinski definition) is 6. The van der Waals surface area contributed by atoms with Crippen LogP contribution in [-0.4, -0.2) is 57.3 Å². The van der Waals surface area contributed by atoms with Crippen molar-refractivity contribution in [3.05, 3.63) is 10.6 Å². The number of carbonyl (C=O) groups is 2. The van der Waals surface area contributed by atoms with E-state index >= 15 is 0 Å². The van der Waals surface area contributed by atoms with Gasteiger partial charge < -0.3 is 14.7 Å². The zero-order valence-corrected chi connectivity index (χ0v) is 10.8. The molecule has 7 nitrogen and oxygen atoms in total. The van der Waals surface area contributed by atoms with Crippen LogP contribution in [0.5, 0.6) is 0 Å². The molecule has 1 aromatic heterocycles. The van der Waals surface area contributed by atoms with Crippen molar-refractivity contribution in [3.8, 4) is 0 Å². The molecule has 0 saturated carbocycles. The minimum absolute atomic E-state index is 0.240. The van der Waals surface area contributed by atoms with Gasteiger partial charge in [0.25, 0.3) is 5.91 Å². The molecule has 2 unspecified atom stereocenters. The van der Waals surface area contributed by atoms with Gasteiger partial charge in [0, 0.05) is 20.1 Å². The SMILES string of the molecule is COC1CC(C(=O)O)N(C(=O)c2snnc2C)C1. The summed E-state index contributed by atoms with van der Waals surface area (Å²) in [5, 5.41) is 12.9. The van der Waals surface area contributed by atoms with E-state index in [-0.39, 0.29) is 18.6 Å². The van der Waals surface area contributed by atoms with Gasteiger partial charge in [0.2, 0.25) is 0 Å². The van der Waals surface area contributed by atoms with E-state index in [1.54, 1.807) is 6.92 Å². The summed E-state index contributed by atoms with van der Waals surface area (Å²) in [5.74, 6) is -1.35. The molecule has 1 N–H and O–H groups in total. The Balaban J connectivity index is 2.23. The molecule has 0 spiro atoms. The van der Waals surface area contributed by atoms with Crippen LogP contribution in [-0.2, 0) is 9.53 Å². The predicted octanol–water partition coefficient (Wildman–Crippen LogP) is 0.161. The van der Waals surface area contributed by atoms with Gasteiger partial charge in [-0.25, -0.2) is 4.79 Å². The van der Waals surface area contributed by atoms with E-state index in [4.69, 9.17) is 9.84 Å². The van der Waals surface area contributed by atoms with Gasteiger partial charge in [-0.15, -0.1) is 5.10 Å². The Morgan fingerprint density at radius 1 is 1.56 bits per heavy atom. The van der Waals surface area contributed by atoms with Crippen molar-refractivity contribution in [1.29, 1.82) is 0 Å². The van der Waals surface area contributed by atoms with Crippen LogP contribution in [0.15, 0.2) is 0 Å². The number of amides is 1.